The summed E-state index contributed by atoms with van der Waals surface area (Å²) in [5.41, 5.74) is 2.12. The summed E-state index contributed by atoms with van der Waals surface area (Å²) in [6, 6.07) is 5.41. The van der Waals surface area contributed by atoms with Gasteiger partial charge in [-0.15, -0.1) is 21.5 Å². The highest BCUT2D eigenvalue weighted by molar-refractivity contribution is 7.89. The highest BCUT2D eigenvalue weighted by Gasteiger charge is 2.33. The van der Waals surface area contributed by atoms with Crippen LogP contribution in [0.2, 0.25) is 0 Å². The summed E-state index contributed by atoms with van der Waals surface area (Å²) in [7, 11) is -3.46. The summed E-state index contributed by atoms with van der Waals surface area (Å²) in [5, 5.41) is 11.0. The van der Waals surface area contributed by atoms with Crippen molar-refractivity contribution in [3.63, 3.8) is 0 Å². The minimum Gasteiger partial charge on any atom is -0.207 e. The van der Waals surface area contributed by atoms with Gasteiger partial charge in [-0.1, -0.05) is 18.9 Å². The lowest BCUT2D eigenvalue weighted by molar-refractivity contribution is 0.314. The lowest BCUT2D eigenvalue weighted by Crippen LogP contribution is -2.39. The molecule has 1 saturated heterocycles. The molecule has 1 atom stereocenters. The van der Waals surface area contributed by atoms with Gasteiger partial charge in [-0.2, -0.15) is 4.31 Å². The van der Waals surface area contributed by atoms with Crippen molar-refractivity contribution in [3.05, 3.63) is 39.3 Å². The Kier molecular flexibility index (Phi) is 5.36. The Labute approximate surface area is 165 Å². The fourth-order valence-corrected chi connectivity index (χ4v) is 6.88. The summed E-state index contributed by atoms with van der Waals surface area (Å²) < 4.78 is 27.9. The molecule has 0 bridgehead atoms. The maximum Gasteiger partial charge on any atom is 0.243 e. The van der Waals surface area contributed by atoms with Crippen LogP contribution in [0.3, 0.4) is 0 Å². The number of sulfonamides is 1. The Morgan fingerprint density at radius 3 is 2.33 bits per heavy atom. The molecule has 2 fully saturated rings. The van der Waals surface area contributed by atoms with Crippen molar-refractivity contribution in [1.29, 1.82) is 0 Å². The number of nitrogens with zero attached hydrogens (tertiary/aromatic N) is 3. The van der Waals surface area contributed by atoms with Gasteiger partial charge in [0.05, 0.1) is 4.90 Å². The van der Waals surface area contributed by atoms with Crippen LogP contribution in [0.5, 0.6) is 0 Å². The number of benzene rings is 1. The lowest BCUT2D eigenvalue weighted by Gasteiger charge is -2.30. The van der Waals surface area contributed by atoms with Crippen molar-refractivity contribution in [1.82, 2.24) is 14.5 Å². The van der Waals surface area contributed by atoms with Crippen molar-refractivity contribution in [3.8, 4) is 0 Å². The first kappa shape index (κ1) is 19.0. The highest BCUT2D eigenvalue weighted by atomic mass is 32.2. The SMILES string of the molecule is Cc1ccc(S(=O)(=O)N2CCCC(c3nnc(C4CCCC4)s3)C2)cc1C. The van der Waals surface area contributed by atoms with Crippen LogP contribution < -0.4 is 0 Å². The minimum absolute atomic E-state index is 0.160. The van der Waals surface area contributed by atoms with Crippen LogP contribution >= 0.6 is 11.3 Å². The standard InChI is InChI=1S/C20H27N3O2S2/c1-14-9-10-18(12-15(14)2)27(24,25)23-11-5-8-17(13-23)20-22-21-19(26-20)16-6-3-4-7-16/h9-10,12,16-17H,3-8,11,13H2,1-2H3. The number of aromatic nitrogens is 2. The molecule has 1 unspecified atom stereocenters. The van der Waals surface area contributed by atoms with E-state index in [4.69, 9.17) is 0 Å². The fraction of sp³-hybridized carbons (Fsp3) is 0.600. The summed E-state index contributed by atoms with van der Waals surface area (Å²) in [6.45, 7) is 5.05. The molecule has 0 radical (unpaired) electrons. The third-order valence-electron chi connectivity index (χ3n) is 6.01. The molecule has 1 saturated carbocycles. The second kappa shape index (κ2) is 7.60. The normalized spacial score (nSPS) is 22.4. The van der Waals surface area contributed by atoms with Crippen molar-refractivity contribution >= 4 is 21.4 Å². The molecule has 7 heteroatoms. The predicted octanol–water partition coefficient (Wildman–Crippen LogP) is 4.38. The van der Waals surface area contributed by atoms with E-state index < -0.39 is 10.0 Å². The summed E-state index contributed by atoms with van der Waals surface area (Å²) >= 11 is 1.71. The second-order valence-corrected chi connectivity index (χ2v) is 10.9. The Bertz CT molecular complexity index is 917. The quantitative estimate of drug-likeness (QED) is 0.757. The third kappa shape index (κ3) is 3.82. The topological polar surface area (TPSA) is 63.2 Å². The molecule has 27 heavy (non-hydrogen) atoms. The fourth-order valence-electron chi connectivity index (χ4n) is 4.13. The molecule has 2 aromatic rings. The smallest absolute Gasteiger partial charge is 0.207 e. The Morgan fingerprint density at radius 2 is 1.63 bits per heavy atom. The summed E-state index contributed by atoms with van der Waals surface area (Å²) in [6.07, 6.45) is 6.85. The molecule has 2 heterocycles. The van der Waals surface area contributed by atoms with E-state index in [1.807, 2.05) is 19.9 Å². The first-order valence-electron chi connectivity index (χ1n) is 9.86. The molecule has 1 aromatic carbocycles. The predicted molar refractivity (Wildman–Crippen MR) is 108 cm³/mol. The van der Waals surface area contributed by atoms with Crippen LogP contribution in [0.4, 0.5) is 0 Å². The van der Waals surface area contributed by atoms with E-state index in [-0.39, 0.29) is 5.92 Å². The van der Waals surface area contributed by atoms with Crippen LogP contribution in [-0.2, 0) is 10.0 Å². The van der Waals surface area contributed by atoms with Crippen LogP contribution in [0, 0.1) is 13.8 Å². The molecule has 146 valence electrons. The monoisotopic (exact) mass is 405 g/mol. The molecule has 1 aromatic heterocycles. The van der Waals surface area contributed by atoms with E-state index in [1.165, 1.54) is 25.7 Å². The molecule has 0 spiro atoms. The van der Waals surface area contributed by atoms with E-state index in [0.29, 0.717) is 23.9 Å². The highest BCUT2D eigenvalue weighted by Crippen LogP contribution is 2.38. The van der Waals surface area contributed by atoms with Crippen LogP contribution in [0.15, 0.2) is 23.1 Å². The maximum atomic E-state index is 13.1. The van der Waals surface area contributed by atoms with Gasteiger partial charge in [0, 0.05) is 24.9 Å². The minimum atomic E-state index is -3.46. The van der Waals surface area contributed by atoms with Gasteiger partial charge >= 0.3 is 0 Å². The van der Waals surface area contributed by atoms with Gasteiger partial charge in [0.2, 0.25) is 10.0 Å². The van der Waals surface area contributed by atoms with Gasteiger partial charge in [-0.25, -0.2) is 8.42 Å². The second-order valence-electron chi connectivity index (χ2n) is 7.91. The zero-order chi connectivity index (χ0) is 19.0. The van der Waals surface area contributed by atoms with Gasteiger partial charge in [0.25, 0.3) is 0 Å². The number of hydrogen-bond acceptors (Lipinski definition) is 5. The zero-order valence-corrected chi connectivity index (χ0v) is 17.7. The van der Waals surface area contributed by atoms with Gasteiger partial charge in [-0.05, 0) is 62.8 Å². The summed E-state index contributed by atoms with van der Waals surface area (Å²) in [4.78, 5) is 0.398. The van der Waals surface area contributed by atoms with Crippen molar-refractivity contribution in [2.45, 2.75) is 69.1 Å². The average molecular weight is 406 g/mol. The van der Waals surface area contributed by atoms with E-state index in [2.05, 4.69) is 10.2 Å². The van der Waals surface area contributed by atoms with E-state index >= 15 is 0 Å². The van der Waals surface area contributed by atoms with Gasteiger partial charge in [-0.3, -0.25) is 0 Å². The zero-order valence-electron chi connectivity index (χ0n) is 16.0. The third-order valence-corrected chi connectivity index (χ3v) is 9.12. The first-order valence-corrected chi connectivity index (χ1v) is 12.1. The largest absolute Gasteiger partial charge is 0.243 e. The van der Waals surface area contributed by atoms with Gasteiger partial charge < -0.3 is 0 Å². The molecule has 4 rings (SSSR count). The molecular weight excluding hydrogens is 378 g/mol. The molecule has 2 aliphatic rings. The van der Waals surface area contributed by atoms with E-state index in [9.17, 15) is 8.42 Å². The van der Waals surface area contributed by atoms with Crippen LogP contribution in [0.1, 0.15) is 71.5 Å². The van der Waals surface area contributed by atoms with E-state index in [0.717, 1.165) is 34.0 Å². The number of rotatable bonds is 4. The molecule has 1 aliphatic heterocycles. The van der Waals surface area contributed by atoms with E-state index in [1.54, 1.807) is 27.8 Å². The van der Waals surface area contributed by atoms with Gasteiger partial charge in [0.15, 0.2) is 0 Å². The Hall–Kier alpha value is -1.31. The number of piperidine rings is 1. The maximum absolute atomic E-state index is 13.1. The Balaban J connectivity index is 1.53. The van der Waals surface area contributed by atoms with Crippen molar-refractivity contribution in [2.75, 3.05) is 13.1 Å². The lowest BCUT2D eigenvalue weighted by atomic mass is 10.0. The molecule has 5 nitrogen and oxygen atoms in total. The molecule has 0 N–H and O–H groups in total. The molecular formula is C20H27N3O2S2. The Morgan fingerprint density at radius 1 is 0.963 bits per heavy atom. The number of aryl methyl sites for hydroxylation is 2. The van der Waals surface area contributed by atoms with Crippen molar-refractivity contribution < 1.29 is 8.42 Å². The van der Waals surface area contributed by atoms with Gasteiger partial charge in [0.1, 0.15) is 10.0 Å². The summed E-state index contributed by atoms with van der Waals surface area (Å²) in [5.74, 6) is 0.725. The van der Waals surface area contributed by atoms with Crippen molar-refractivity contribution in [2.24, 2.45) is 0 Å². The van der Waals surface area contributed by atoms with Crippen LogP contribution in [-0.4, -0.2) is 36.0 Å². The average Bonchev–Trinajstić information content (AvgIpc) is 3.35. The van der Waals surface area contributed by atoms with Crippen LogP contribution in [0.25, 0.3) is 0 Å². The number of hydrogen-bond donors (Lipinski definition) is 0. The molecule has 1 aliphatic carbocycles. The first-order chi connectivity index (χ1) is 12.9. The molecule has 0 amide bonds.